The summed E-state index contributed by atoms with van der Waals surface area (Å²) in [5.74, 6) is 0.756. The molecule has 0 aliphatic carbocycles. The van der Waals surface area contributed by atoms with Crippen molar-refractivity contribution in [3.8, 4) is 11.3 Å². The number of amides is 1. The Hall–Kier alpha value is -1.90. The van der Waals surface area contributed by atoms with Crippen LogP contribution in [0.5, 0.6) is 0 Å². The Morgan fingerprint density at radius 3 is 2.83 bits per heavy atom. The second-order valence-corrected chi connectivity index (χ2v) is 7.09. The molecule has 1 amide bonds. The summed E-state index contributed by atoms with van der Waals surface area (Å²) in [6.07, 6.45) is 0.359. The number of nitro benzene ring substituents is 1. The number of hydrogen-bond acceptors (Lipinski definition) is 6. The predicted octanol–water partition coefficient (Wildman–Crippen LogP) is 3.57. The van der Waals surface area contributed by atoms with E-state index in [1.807, 2.05) is 0 Å². The number of furan rings is 1. The molecule has 1 aliphatic heterocycles. The molecule has 1 saturated heterocycles. The Labute approximate surface area is 145 Å². The van der Waals surface area contributed by atoms with Gasteiger partial charge in [-0.15, -0.1) is 0 Å². The van der Waals surface area contributed by atoms with Gasteiger partial charge in [0.2, 0.25) is 5.91 Å². The highest BCUT2D eigenvalue weighted by molar-refractivity contribution is 8.24. The maximum atomic E-state index is 11.7. The van der Waals surface area contributed by atoms with Crippen molar-refractivity contribution in [1.29, 1.82) is 0 Å². The maximum Gasteiger partial charge on any atom is 0.281 e. The molecule has 1 aromatic carbocycles. The fourth-order valence-electron chi connectivity index (χ4n) is 2.21. The van der Waals surface area contributed by atoms with Gasteiger partial charge in [0.1, 0.15) is 15.8 Å². The lowest BCUT2D eigenvalue weighted by Gasteiger charge is -2.03. The number of thioether (sulfide) groups is 1. The lowest BCUT2D eigenvalue weighted by atomic mass is 10.1. The van der Waals surface area contributed by atoms with Crippen LogP contribution in [0.15, 0.2) is 34.7 Å². The van der Waals surface area contributed by atoms with Gasteiger partial charge in [0.25, 0.3) is 5.69 Å². The van der Waals surface area contributed by atoms with E-state index in [0.717, 1.165) is 0 Å². The molecule has 23 heavy (non-hydrogen) atoms. The van der Waals surface area contributed by atoms with E-state index < -0.39 is 4.92 Å². The summed E-state index contributed by atoms with van der Waals surface area (Å²) in [5.41, 5.74) is 0.206. The predicted molar refractivity (Wildman–Crippen MR) is 91.6 cm³/mol. The van der Waals surface area contributed by atoms with Crippen molar-refractivity contribution in [1.82, 2.24) is 5.32 Å². The van der Waals surface area contributed by atoms with Crippen molar-refractivity contribution in [2.24, 2.45) is 0 Å². The summed E-state index contributed by atoms with van der Waals surface area (Å²) in [7, 11) is 0. The summed E-state index contributed by atoms with van der Waals surface area (Å²) in [5, 5.41) is 13.6. The molecule has 0 saturated carbocycles. The first-order valence-electron chi connectivity index (χ1n) is 6.48. The van der Waals surface area contributed by atoms with Crippen LogP contribution in [0.1, 0.15) is 5.76 Å². The number of carbonyl (C=O) groups excluding carboxylic acids is 1. The topological polar surface area (TPSA) is 85.4 Å². The molecule has 118 valence electrons. The van der Waals surface area contributed by atoms with Crippen LogP contribution in [0.25, 0.3) is 11.3 Å². The number of thiocarbonyl (C=S) groups is 1. The fourth-order valence-corrected chi connectivity index (χ4v) is 3.65. The van der Waals surface area contributed by atoms with Crippen molar-refractivity contribution in [2.75, 3.05) is 0 Å². The third kappa shape index (κ3) is 3.39. The van der Waals surface area contributed by atoms with E-state index >= 15 is 0 Å². The van der Waals surface area contributed by atoms with E-state index in [4.69, 9.17) is 28.2 Å². The smallest absolute Gasteiger partial charge is 0.281 e. The quantitative estimate of drug-likeness (QED) is 0.504. The van der Waals surface area contributed by atoms with Crippen LogP contribution in [0.4, 0.5) is 5.69 Å². The van der Waals surface area contributed by atoms with Crippen LogP contribution in [-0.2, 0) is 11.2 Å². The minimum atomic E-state index is -0.512. The first-order valence-corrected chi connectivity index (χ1v) is 8.15. The van der Waals surface area contributed by atoms with Gasteiger partial charge in [-0.3, -0.25) is 14.9 Å². The largest absolute Gasteiger partial charge is 0.461 e. The third-order valence-electron chi connectivity index (χ3n) is 3.24. The Balaban J connectivity index is 1.86. The average Bonchev–Trinajstić information content (AvgIpc) is 3.06. The molecule has 1 N–H and O–H groups in total. The minimum Gasteiger partial charge on any atom is -0.461 e. The number of nitro groups is 1. The highest BCUT2D eigenvalue weighted by Gasteiger charge is 2.30. The van der Waals surface area contributed by atoms with Gasteiger partial charge in [0, 0.05) is 17.5 Å². The summed E-state index contributed by atoms with van der Waals surface area (Å²) < 4.78 is 6.11. The number of nitrogens with one attached hydrogen (secondary N) is 1. The average molecular weight is 369 g/mol. The third-order valence-corrected chi connectivity index (χ3v) is 4.84. The second-order valence-electron chi connectivity index (χ2n) is 4.77. The molecule has 0 spiro atoms. The number of carbonyl (C=O) groups is 1. The Morgan fingerprint density at radius 1 is 1.39 bits per heavy atom. The van der Waals surface area contributed by atoms with Gasteiger partial charge in [0.05, 0.1) is 15.7 Å². The molecule has 6 nitrogen and oxygen atoms in total. The number of hydrogen-bond donors (Lipinski definition) is 1. The number of halogens is 1. The van der Waals surface area contributed by atoms with E-state index in [1.54, 1.807) is 18.2 Å². The summed E-state index contributed by atoms with van der Waals surface area (Å²) in [6.45, 7) is 0. The molecular weight excluding hydrogens is 360 g/mol. The van der Waals surface area contributed by atoms with Crippen molar-refractivity contribution in [2.45, 2.75) is 11.7 Å². The Bertz CT molecular complexity index is 821. The van der Waals surface area contributed by atoms with Crippen molar-refractivity contribution >= 4 is 51.5 Å². The van der Waals surface area contributed by atoms with E-state index in [2.05, 4.69) is 5.32 Å². The lowest BCUT2D eigenvalue weighted by molar-refractivity contribution is -0.384. The molecular formula is C14H9ClN2O4S2. The van der Waals surface area contributed by atoms with Crippen LogP contribution in [0.3, 0.4) is 0 Å². The lowest BCUT2D eigenvalue weighted by Crippen LogP contribution is -2.25. The number of benzene rings is 1. The van der Waals surface area contributed by atoms with E-state index in [-0.39, 0.29) is 21.9 Å². The van der Waals surface area contributed by atoms with Crippen molar-refractivity contribution in [3.05, 3.63) is 51.2 Å². The minimum absolute atomic E-state index is 0.132. The molecule has 1 atom stereocenters. The van der Waals surface area contributed by atoms with Gasteiger partial charge in [-0.05, 0) is 24.3 Å². The number of rotatable bonds is 4. The Morgan fingerprint density at radius 2 is 2.17 bits per heavy atom. The summed E-state index contributed by atoms with van der Waals surface area (Å²) >= 11 is 12.0. The summed E-state index contributed by atoms with van der Waals surface area (Å²) in [4.78, 5) is 22.3. The molecule has 1 aromatic heterocycles. The van der Waals surface area contributed by atoms with Gasteiger partial charge < -0.3 is 9.73 Å². The molecule has 1 unspecified atom stereocenters. The maximum absolute atomic E-state index is 11.7. The monoisotopic (exact) mass is 368 g/mol. The molecule has 3 rings (SSSR count). The van der Waals surface area contributed by atoms with Gasteiger partial charge in [-0.2, -0.15) is 0 Å². The van der Waals surface area contributed by atoms with Crippen LogP contribution < -0.4 is 5.32 Å². The molecule has 1 fully saturated rings. The molecule has 9 heteroatoms. The van der Waals surface area contributed by atoms with E-state index in [1.165, 1.54) is 23.9 Å². The molecule has 1 aliphatic rings. The Kier molecular flexibility index (Phi) is 4.38. The van der Waals surface area contributed by atoms with Crippen LogP contribution in [-0.4, -0.2) is 20.4 Å². The zero-order valence-corrected chi connectivity index (χ0v) is 13.8. The van der Waals surface area contributed by atoms with Crippen molar-refractivity contribution < 1.29 is 14.1 Å². The van der Waals surface area contributed by atoms with Gasteiger partial charge in [-0.1, -0.05) is 35.6 Å². The molecule has 0 radical (unpaired) electrons. The highest BCUT2D eigenvalue weighted by atomic mass is 35.5. The van der Waals surface area contributed by atoms with Crippen LogP contribution in [0, 0.1) is 10.1 Å². The number of nitrogens with zero attached hydrogens (tertiary/aromatic N) is 1. The molecule has 2 heterocycles. The standard InChI is InChI=1S/C14H9ClN2O4S2/c15-7-1-3-9(10(5-7)17(19)20)11-4-2-8(21-11)6-12-13(18)16-14(22)23-12/h1-5,12H,6H2,(H,16,18,22). The highest BCUT2D eigenvalue weighted by Crippen LogP contribution is 2.34. The van der Waals surface area contributed by atoms with Gasteiger partial charge in [0.15, 0.2) is 0 Å². The zero-order valence-electron chi connectivity index (χ0n) is 11.4. The van der Waals surface area contributed by atoms with E-state index in [0.29, 0.717) is 27.8 Å². The molecule has 2 aromatic rings. The second kappa shape index (κ2) is 6.31. The normalized spacial score (nSPS) is 17.3. The van der Waals surface area contributed by atoms with Crippen LogP contribution in [0.2, 0.25) is 5.02 Å². The first kappa shape index (κ1) is 16.0. The summed E-state index contributed by atoms with van der Waals surface area (Å²) in [6, 6.07) is 7.71. The van der Waals surface area contributed by atoms with Gasteiger partial charge >= 0.3 is 0 Å². The van der Waals surface area contributed by atoms with Gasteiger partial charge in [-0.25, -0.2) is 0 Å². The molecule has 0 bridgehead atoms. The van der Waals surface area contributed by atoms with E-state index in [9.17, 15) is 14.9 Å². The SMILES string of the molecule is O=C1NC(=S)SC1Cc1ccc(-c2ccc(Cl)cc2[N+](=O)[O-])o1. The fraction of sp³-hybridized carbons (Fsp3) is 0.143. The first-order chi connectivity index (χ1) is 10.9. The zero-order chi connectivity index (χ0) is 16.6. The van der Waals surface area contributed by atoms with Crippen molar-refractivity contribution in [3.63, 3.8) is 0 Å². The van der Waals surface area contributed by atoms with Crippen LogP contribution >= 0.6 is 35.6 Å².